The largest absolute Gasteiger partial charge is 0.354 e. The predicted molar refractivity (Wildman–Crippen MR) is 92.8 cm³/mol. The Kier molecular flexibility index (Phi) is 5.15. The number of rotatable bonds is 3. The van der Waals surface area contributed by atoms with E-state index < -0.39 is 0 Å². The van der Waals surface area contributed by atoms with E-state index in [1.165, 1.54) is 23.9 Å². The highest BCUT2D eigenvalue weighted by atomic mass is 35.5. The molecule has 1 aromatic heterocycles. The lowest BCUT2D eigenvalue weighted by Gasteiger charge is -2.12. The summed E-state index contributed by atoms with van der Waals surface area (Å²) >= 11 is 0. The first-order valence-corrected chi connectivity index (χ1v) is 7.05. The van der Waals surface area contributed by atoms with Crippen LogP contribution < -0.4 is 5.32 Å². The molecule has 0 atom stereocenters. The molecule has 0 bridgehead atoms. The van der Waals surface area contributed by atoms with Gasteiger partial charge < -0.3 is 5.32 Å². The lowest BCUT2D eigenvalue weighted by Crippen LogP contribution is -1.97. The smallest absolute Gasteiger partial charge is 0.124 e. The fourth-order valence-corrected chi connectivity index (χ4v) is 2.40. The Morgan fingerprint density at radius 2 is 2.04 bits per heavy atom. The fourth-order valence-electron chi connectivity index (χ4n) is 2.40. The summed E-state index contributed by atoms with van der Waals surface area (Å²) in [6.07, 6.45) is 2.43. The van der Waals surface area contributed by atoms with Gasteiger partial charge in [0.2, 0.25) is 0 Å². The third kappa shape index (κ3) is 3.41. The summed E-state index contributed by atoms with van der Waals surface area (Å²) in [5.74, 6) is -0.352. The third-order valence-electron chi connectivity index (χ3n) is 3.56. The monoisotopic (exact) mass is 327 g/mol. The molecule has 0 aliphatic rings. The lowest BCUT2D eigenvalue weighted by molar-refractivity contribution is 0.629. The zero-order chi connectivity index (χ0) is 15.5. The number of benzene rings is 2. The molecule has 5 heteroatoms. The average molecular weight is 328 g/mol. The van der Waals surface area contributed by atoms with E-state index in [-0.39, 0.29) is 18.2 Å². The molecule has 0 fully saturated rings. The number of nitrogens with one attached hydrogen (secondary N) is 1. The van der Waals surface area contributed by atoms with Crippen LogP contribution in [0.1, 0.15) is 18.1 Å². The van der Waals surface area contributed by atoms with Gasteiger partial charge in [-0.3, -0.25) is 4.98 Å². The average Bonchev–Trinajstić information content (AvgIpc) is 2.55. The van der Waals surface area contributed by atoms with Crippen LogP contribution in [-0.4, -0.2) is 4.98 Å². The molecule has 0 saturated carbocycles. The molecule has 23 heavy (non-hydrogen) atoms. The molecule has 0 aliphatic carbocycles. The maximum absolute atomic E-state index is 13.6. The van der Waals surface area contributed by atoms with E-state index in [2.05, 4.69) is 23.3 Å². The van der Waals surface area contributed by atoms with Gasteiger partial charge in [-0.15, -0.1) is 12.4 Å². The van der Waals surface area contributed by atoms with Crippen molar-refractivity contribution in [2.24, 2.45) is 0 Å². The van der Waals surface area contributed by atoms with E-state index in [1.54, 1.807) is 6.07 Å². The minimum absolute atomic E-state index is 0. The molecule has 0 aliphatic heterocycles. The van der Waals surface area contributed by atoms with Gasteiger partial charge in [-0.25, -0.2) is 4.39 Å². The highest BCUT2D eigenvalue weighted by molar-refractivity contribution is 5.95. The number of fused-ring (bicyclic) bond motifs is 1. The minimum Gasteiger partial charge on any atom is -0.354 e. The second kappa shape index (κ2) is 7.08. The van der Waals surface area contributed by atoms with Gasteiger partial charge in [0.25, 0.3) is 0 Å². The first-order chi connectivity index (χ1) is 10.7. The number of aromatic nitrogens is 1. The summed E-state index contributed by atoms with van der Waals surface area (Å²) in [4.78, 5) is 4.20. The number of hydrogen-bond donors (Lipinski definition) is 1. The summed E-state index contributed by atoms with van der Waals surface area (Å²) in [6.45, 7) is 2.08. The van der Waals surface area contributed by atoms with Crippen molar-refractivity contribution in [2.45, 2.75) is 13.3 Å². The van der Waals surface area contributed by atoms with Crippen molar-refractivity contribution in [2.75, 3.05) is 5.32 Å². The number of nitrogens with zero attached hydrogens (tertiary/aromatic N) is 2. The van der Waals surface area contributed by atoms with Crippen molar-refractivity contribution in [3.63, 3.8) is 0 Å². The van der Waals surface area contributed by atoms with Crippen LogP contribution in [0, 0.1) is 17.1 Å². The number of aryl methyl sites for hydroxylation is 1. The topological polar surface area (TPSA) is 48.7 Å². The van der Waals surface area contributed by atoms with Gasteiger partial charge in [-0.05, 0) is 42.3 Å². The molecule has 116 valence electrons. The molecular formula is C18H15ClFN3. The molecular weight excluding hydrogens is 313 g/mol. The second-order valence-corrected chi connectivity index (χ2v) is 5.00. The fraction of sp³-hybridized carbons (Fsp3) is 0.111. The van der Waals surface area contributed by atoms with Crippen LogP contribution >= 0.6 is 12.4 Å². The quantitative estimate of drug-likeness (QED) is 0.738. The summed E-state index contributed by atoms with van der Waals surface area (Å²) in [7, 11) is 0. The van der Waals surface area contributed by atoms with Crippen LogP contribution in [0.2, 0.25) is 0 Å². The first-order valence-electron chi connectivity index (χ1n) is 7.05. The Labute approximate surface area is 140 Å². The van der Waals surface area contributed by atoms with Crippen LogP contribution in [0.25, 0.3) is 10.9 Å². The van der Waals surface area contributed by atoms with Gasteiger partial charge in [0.15, 0.2) is 0 Å². The normalized spacial score (nSPS) is 9.96. The van der Waals surface area contributed by atoms with Gasteiger partial charge >= 0.3 is 0 Å². The summed E-state index contributed by atoms with van der Waals surface area (Å²) in [5, 5.41) is 13.1. The van der Waals surface area contributed by atoms with E-state index in [0.717, 1.165) is 12.1 Å². The molecule has 0 amide bonds. The van der Waals surface area contributed by atoms with E-state index in [1.807, 2.05) is 24.3 Å². The number of pyridine rings is 1. The summed E-state index contributed by atoms with van der Waals surface area (Å²) in [6, 6.07) is 14.4. The Balaban J connectivity index is 0.00000192. The van der Waals surface area contributed by atoms with Crippen LogP contribution in [-0.2, 0) is 6.42 Å². The van der Waals surface area contributed by atoms with E-state index >= 15 is 0 Å². The van der Waals surface area contributed by atoms with Crippen LogP contribution in [0.5, 0.6) is 0 Å². The second-order valence-electron chi connectivity index (χ2n) is 5.00. The molecule has 1 heterocycles. The molecule has 0 radical (unpaired) electrons. The van der Waals surface area contributed by atoms with Crippen LogP contribution in [0.3, 0.4) is 0 Å². The molecule has 0 spiro atoms. The van der Waals surface area contributed by atoms with Crippen molar-refractivity contribution in [3.05, 3.63) is 65.6 Å². The molecule has 3 rings (SSSR count). The highest BCUT2D eigenvalue weighted by Gasteiger charge is 2.10. The number of hydrogen-bond acceptors (Lipinski definition) is 3. The molecule has 0 unspecified atom stereocenters. The lowest BCUT2D eigenvalue weighted by atomic mass is 10.1. The van der Waals surface area contributed by atoms with Crippen LogP contribution in [0.4, 0.5) is 15.8 Å². The SMILES string of the molecule is CCc1cccc(Nc2c(C#N)cnc3ccc(F)cc23)c1.Cl. The van der Waals surface area contributed by atoms with Gasteiger partial charge in [-0.1, -0.05) is 19.1 Å². The van der Waals surface area contributed by atoms with Gasteiger partial charge in [0.05, 0.1) is 16.8 Å². The molecule has 3 aromatic rings. The molecule has 0 saturated heterocycles. The zero-order valence-corrected chi connectivity index (χ0v) is 13.3. The molecule has 1 N–H and O–H groups in total. The predicted octanol–water partition coefficient (Wildman–Crippen LogP) is 4.97. The van der Waals surface area contributed by atoms with E-state index in [9.17, 15) is 9.65 Å². The Morgan fingerprint density at radius 1 is 1.22 bits per heavy atom. The number of halogens is 2. The zero-order valence-electron chi connectivity index (χ0n) is 12.5. The minimum atomic E-state index is -0.352. The van der Waals surface area contributed by atoms with E-state index in [4.69, 9.17) is 0 Å². The van der Waals surface area contributed by atoms with Crippen molar-refractivity contribution in [1.82, 2.24) is 4.98 Å². The molecule has 2 aromatic carbocycles. The summed E-state index contributed by atoms with van der Waals surface area (Å²) < 4.78 is 13.6. The highest BCUT2D eigenvalue weighted by Crippen LogP contribution is 2.29. The van der Waals surface area contributed by atoms with Crippen molar-refractivity contribution >= 4 is 34.7 Å². The van der Waals surface area contributed by atoms with Crippen LogP contribution in [0.15, 0.2) is 48.7 Å². The summed E-state index contributed by atoms with van der Waals surface area (Å²) in [5.41, 5.74) is 3.68. The number of nitriles is 1. The first kappa shape index (κ1) is 16.7. The Bertz CT molecular complexity index is 887. The maximum Gasteiger partial charge on any atom is 0.124 e. The Hall–Kier alpha value is -2.64. The number of anilines is 2. The van der Waals surface area contributed by atoms with Gasteiger partial charge in [0, 0.05) is 17.3 Å². The molecule has 3 nitrogen and oxygen atoms in total. The Morgan fingerprint density at radius 3 is 2.78 bits per heavy atom. The standard InChI is InChI=1S/C18H14FN3.ClH/c1-2-12-4-3-5-15(8-12)22-18-13(10-20)11-21-17-7-6-14(19)9-16(17)18;/h3-9,11H,2H2,1H3,(H,21,22);1H. The van der Waals surface area contributed by atoms with Gasteiger partial charge in [0.1, 0.15) is 11.9 Å². The van der Waals surface area contributed by atoms with Crippen molar-refractivity contribution < 1.29 is 4.39 Å². The maximum atomic E-state index is 13.6. The van der Waals surface area contributed by atoms with Crippen molar-refractivity contribution in [1.29, 1.82) is 5.26 Å². The third-order valence-corrected chi connectivity index (χ3v) is 3.56. The van der Waals surface area contributed by atoms with E-state index in [0.29, 0.717) is 22.2 Å². The van der Waals surface area contributed by atoms with Crippen molar-refractivity contribution in [3.8, 4) is 6.07 Å². The van der Waals surface area contributed by atoms with Gasteiger partial charge in [-0.2, -0.15) is 5.26 Å².